The van der Waals surface area contributed by atoms with Gasteiger partial charge < -0.3 is 15.2 Å². The quantitative estimate of drug-likeness (QED) is 0.552. The van der Waals surface area contributed by atoms with Gasteiger partial charge in [0.2, 0.25) is 0 Å². The van der Waals surface area contributed by atoms with E-state index in [0.29, 0.717) is 29.3 Å². The molecule has 5 rings (SSSR count). The average Bonchev–Trinajstić information content (AvgIpc) is 3.40. The topological polar surface area (TPSA) is 111 Å². The standard InChI is InChI=1S/C19H16FN9/c1-22-13-8-17(26-25-15(13)9-21)28-6-4-12-18(24-10-23-12)19(28)14-7-16-11(20)3-2-5-29(16)27-14/h2-3,5,7-8,10,19H,4,6H2,1H3,(H,22,26)(H,23,24)/t19-/m0/s1. The second kappa shape index (κ2) is 6.56. The van der Waals surface area contributed by atoms with Crippen molar-refractivity contribution in [3.63, 3.8) is 0 Å². The van der Waals surface area contributed by atoms with Crippen molar-refractivity contribution < 1.29 is 4.39 Å². The fourth-order valence-corrected chi connectivity index (χ4v) is 3.75. The fraction of sp³-hybridized carbons (Fsp3) is 0.211. The van der Waals surface area contributed by atoms with E-state index in [-0.39, 0.29) is 17.6 Å². The third kappa shape index (κ3) is 2.67. The zero-order valence-corrected chi connectivity index (χ0v) is 15.5. The Kier molecular flexibility index (Phi) is 3.87. The minimum atomic E-state index is -0.365. The van der Waals surface area contributed by atoms with Gasteiger partial charge in [0.05, 0.1) is 23.4 Å². The maximum absolute atomic E-state index is 14.2. The van der Waals surface area contributed by atoms with Crippen LogP contribution in [0.25, 0.3) is 5.52 Å². The number of fused-ring (bicyclic) bond motifs is 2. The Morgan fingerprint density at radius 3 is 3.03 bits per heavy atom. The molecule has 1 aliphatic heterocycles. The Balaban J connectivity index is 1.67. The zero-order chi connectivity index (χ0) is 20.0. The van der Waals surface area contributed by atoms with Crippen molar-refractivity contribution in [2.75, 3.05) is 23.8 Å². The number of H-pyrrole nitrogens is 1. The third-order valence-electron chi connectivity index (χ3n) is 5.12. The molecule has 0 amide bonds. The van der Waals surface area contributed by atoms with Gasteiger partial charge in [-0.3, -0.25) is 0 Å². The van der Waals surface area contributed by atoms with Crippen LogP contribution in [0, 0.1) is 17.1 Å². The molecule has 0 saturated heterocycles. The Morgan fingerprint density at radius 2 is 2.24 bits per heavy atom. The second-order valence-corrected chi connectivity index (χ2v) is 6.69. The lowest BCUT2D eigenvalue weighted by Crippen LogP contribution is -2.37. The minimum absolute atomic E-state index is 0.222. The van der Waals surface area contributed by atoms with Crippen LogP contribution in [0.3, 0.4) is 0 Å². The maximum atomic E-state index is 14.2. The largest absolute Gasteiger partial charge is 0.386 e. The van der Waals surface area contributed by atoms with Gasteiger partial charge in [-0.05, 0) is 18.2 Å². The Hall–Kier alpha value is -4.00. The monoisotopic (exact) mass is 389 g/mol. The summed E-state index contributed by atoms with van der Waals surface area (Å²) in [7, 11) is 1.73. The summed E-state index contributed by atoms with van der Waals surface area (Å²) in [5.41, 5.74) is 3.69. The summed E-state index contributed by atoms with van der Waals surface area (Å²) in [6.45, 7) is 0.639. The molecule has 2 N–H and O–H groups in total. The number of imidazole rings is 1. The number of nitriles is 1. The van der Waals surface area contributed by atoms with E-state index in [1.165, 1.54) is 10.6 Å². The first-order valence-corrected chi connectivity index (χ1v) is 9.07. The number of rotatable bonds is 3. The van der Waals surface area contributed by atoms with Crippen LogP contribution in [0.4, 0.5) is 15.9 Å². The van der Waals surface area contributed by atoms with Crippen LogP contribution in [0.1, 0.15) is 28.8 Å². The van der Waals surface area contributed by atoms with E-state index in [1.807, 2.05) is 11.0 Å². The molecule has 0 saturated carbocycles. The molecule has 1 atom stereocenters. The van der Waals surface area contributed by atoms with Crippen molar-refractivity contribution in [1.82, 2.24) is 29.8 Å². The van der Waals surface area contributed by atoms with E-state index in [9.17, 15) is 9.65 Å². The van der Waals surface area contributed by atoms with Crippen molar-refractivity contribution in [1.29, 1.82) is 5.26 Å². The predicted octanol–water partition coefficient (Wildman–Crippen LogP) is 2.05. The molecule has 10 heteroatoms. The van der Waals surface area contributed by atoms with Gasteiger partial charge in [-0.2, -0.15) is 10.4 Å². The van der Waals surface area contributed by atoms with Crippen LogP contribution in [0.15, 0.2) is 36.8 Å². The van der Waals surface area contributed by atoms with Crippen molar-refractivity contribution in [2.45, 2.75) is 12.5 Å². The first kappa shape index (κ1) is 17.1. The number of hydrogen-bond donors (Lipinski definition) is 2. The van der Waals surface area contributed by atoms with Gasteiger partial charge in [-0.1, -0.05) is 0 Å². The smallest absolute Gasteiger partial charge is 0.186 e. The Morgan fingerprint density at radius 1 is 1.34 bits per heavy atom. The second-order valence-electron chi connectivity index (χ2n) is 6.69. The van der Waals surface area contributed by atoms with Gasteiger partial charge in [-0.15, -0.1) is 10.2 Å². The van der Waals surface area contributed by atoms with Crippen LogP contribution in [0.2, 0.25) is 0 Å². The van der Waals surface area contributed by atoms with Crippen LogP contribution in [0.5, 0.6) is 0 Å². The van der Waals surface area contributed by atoms with Crippen LogP contribution < -0.4 is 10.2 Å². The van der Waals surface area contributed by atoms with Crippen molar-refractivity contribution >= 4 is 17.0 Å². The molecule has 1 aliphatic rings. The molecule has 0 aromatic carbocycles. The first-order valence-electron chi connectivity index (χ1n) is 9.07. The highest BCUT2D eigenvalue weighted by Gasteiger charge is 2.34. The summed E-state index contributed by atoms with van der Waals surface area (Å²) in [5.74, 6) is 0.246. The summed E-state index contributed by atoms with van der Waals surface area (Å²) in [5, 5.41) is 25.1. The van der Waals surface area contributed by atoms with Crippen molar-refractivity contribution in [3.8, 4) is 6.07 Å². The number of aromatic amines is 1. The molecule has 4 aromatic rings. The van der Waals surface area contributed by atoms with Gasteiger partial charge >= 0.3 is 0 Å². The van der Waals surface area contributed by atoms with Gasteiger partial charge in [0.1, 0.15) is 23.4 Å². The minimum Gasteiger partial charge on any atom is -0.386 e. The molecular formula is C19H16FN9. The van der Waals surface area contributed by atoms with Crippen LogP contribution in [-0.2, 0) is 6.42 Å². The highest BCUT2D eigenvalue weighted by molar-refractivity contribution is 5.61. The van der Waals surface area contributed by atoms with Gasteiger partial charge in [-0.25, -0.2) is 13.9 Å². The molecule has 0 bridgehead atoms. The van der Waals surface area contributed by atoms with E-state index in [2.05, 4.69) is 30.6 Å². The first-order chi connectivity index (χ1) is 14.2. The van der Waals surface area contributed by atoms with Crippen molar-refractivity contribution in [3.05, 3.63) is 65.4 Å². The van der Waals surface area contributed by atoms with E-state index < -0.39 is 0 Å². The lowest BCUT2D eigenvalue weighted by molar-refractivity contribution is 0.605. The molecule has 4 aromatic heterocycles. The SMILES string of the molecule is CNc1cc(N2CCc3[nH]cnc3[C@@H]2c2cc3c(F)cccn3n2)nnc1C#N. The number of nitrogens with one attached hydrogen (secondary N) is 2. The van der Waals surface area contributed by atoms with Gasteiger partial charge in [0.15, 0.2) is 11.5 Å². The number of halogens is 1. The van der Waals surface area contributed by atoms with E-state index in [4.69, 9.17) is 0 Å². The van der Waals surface area contributed by atoms with E-state index in [0.717, 1.165) is 17.8 Å². The number of pyridine rings is 1. The number of nitrogens with zero attached hydrogens (tertiary/aromatic N) is 7. The summed E-state index contributed by atoms with van der Waals surface area (Å²) < 4.78 is 15.8. The molecule has 5 heterocycles. The lowest BCUT2D eigenvalue weighted by atomic mass is 9.99. The maximum Gasteiger partial charge on any atom is 0.186 e. The Bertz CT molecular complexity index is 1250. The average molecular weight is 389 g/mol. The molecule has 0 radical (unpaired) electrons. The van der Waals surface area contributed by atoms with E-state index in [1.54, 1.807) is 37.8 Å². The van der Waals surface area contributed by atoms with Gasteiger partial charge in [0.25, 0.3) is 0 Å². The number of aromatic nitrogens is 6. The lowest BCUT2D eigenvalue weighted by Gasteiger charge is -2.34. The molecule has 0 fully saturated rings. The van der Waals surface area contributed by atoms with Crippen molar-refractivity contribution in [2.24, 2.45) is 0 Å². The molecule has 0 unspecified atom stereocenters. The highest BCUT2D eigenvalue weighted by Crippen LogP contribution is 2.36. The van der Waals surface area contributed by atoms with E-state index >= 15 is 0 Å². The van der Waals surface area contributed by atoms with Crippen LogP contribution in [-0.4, -0.2) is 43.4 Å². The number of hydrogen-bond acceptors (Lipinski definition) is 7. The summed E-state index contributed by atoms with van der Waals surface area (Å²) >= 11 is 0. The molecule has 0 aliphatic carbocycles. The molecule has 9 nitrogen and oxygen atoms in total. The molecule has 0 spiro atoms. The summed E-state index contributed by atoms with van der Waals surface area (Å²) in [4.78, 5) is 9.71. The fourth-order valence-electron chi connectivity index (χ4n) is 3.75. The Labute approximate surface area is 164 Å². The highest BCUT2D eigenvalue weighted by atomic mass is 19.1. The van der Waals surface area contributed by atoms with Gasteiger partial charge in [0, 0.05) is 38.0 Å². The zero-order valence-electron chi connectivity index (χ0n) is 15.5. The third-order valence-corrected chi connectivity index (χ3v) is 5.12. The summed E-state index contributed by atoms with van der Waals surface area (Å²) in [6, 6.07) is 8.20. The molecular weight excluding hydrogens is 373 g/mol. The predicted molar refractivity (Wildman–Crippen MR) is 103 cm³/mol. The normalized spacial score (nSPS) is 15.9. The molecule has 29 heavy (non-hydrogen) atoms. The molecule has 144 valence electrons. The number of anilines is 2. The summed E-state index contributed by atoms with van der Waals surface area (Å²) in [6.07, 6.45) is 4.10. The van der Waals surface area contributed by atoms with Crippen LogP contribution >= 0.6 is 0 Å².